The van der Waals surface area contributed by atoms with Crippen molar-refractivity contribution in [2.24, 2.45) is 20.5 Å². The van der Waals surface area contributed by atoms with E-state index >= 15 is 0 Å². The highest BCUT2D eigenvalue weighted by molar-refractivity contribution is 7.86. The number of carbonyl (C=O) groups is 2. The summed E-state index contributed by atoms with van der Waals surface area (Å²) < 4.78 is 80.4. The van der Waals surface area contributed by atoms with Crippen molar-refractivity contribution >= 4 is 99.2 Å². The van der Waals surface area contributed by atoms with Gasteiger partial charge < -0.3 is 40.5 Å². The molecule has 0 unspecified atom stereocenters. The molecule has 0 aromatic heterocycles. The molecule has 0 radical (unpaired) electrons. The van der Waals surface area contributed by atoms with Gasteiger partial charge in [0.15, 0.2) is 11.5 Å². The van der Waals surface area contributed by atoms with Crippen molar-refractivity contribution in [3.8, 4) is 23.0 Å². The van der Waals surface area contributed by atoms with Crippen LogP contribution >= 0.6 is 0 Å². The third-order valence-electron chi connectivity index (χ3n) is 9.48. The molecule has 22 nitrogen and oxygen atoms in total. The minimum atomic E-state index is -5.08. The van der Waals surface area contributed by atoms with Crippen LogP contribution in [0.15, 0.2) is 125 Å². The van der Waals surface area contributed by atoms with Crippen molar-refractivity contribution in [2.75, 3.05) is 24.9 Å². The van der Waals surface area contributed by atoms with Crippen LogP contribution in [-0.2, 0) is 20.2 Å². The Bertz CT molecular complexity index is 3280. The number of aromatic hydroxyl groups is 2. The number of phenolic OH excluding ortho intramolecular Hbond substituents is 2. The summed E-state index contributed by atoms with van der Waals surface area (Å²) in [4.78, 5) is 46.5. The minimum absolute atomic E-state index is 0.00350. The summed E-state index contributed by atoms with van der Waals surface area (Å²) >= 11 is 0. The first-order valence-corrected chi connectivity index (χ1v) is 20.7. The first kappa shape index (κ1) is 43.8. The highest BCUT2D eigenvalue weighted by atomic mass is 32.2. The van der Waals surface area contributed by atoms with Crippen molar-refractivity contribution in [2.45, 2.75) is 9.79 Å². The van der Waals surface area contributed by atoms with Crippen molar-refractivity contribution in [3.05, 3.63) is 117 Å². The second-order valence-electron chi connectivity index (χ2n) is 13.4. The SMILES string of the molecule is COc1cc(C(=O)O)ccc1N=Nc1c(S(=O)(=O)O)cc2cc(Nc3c(Nc4ccc5c(O)c(N=Nc6ccc(C(=O)O)cc6OC)c(S(=O)(=O)O)cc5c4)c(=O)c3=O)ccc2c1O. The molecule has 0 fully saturated rings. The third kappa shape index (κ3) is 8.34. The Morgan fingerprint density at radius 2 is 0.922 bits per heavy atom. The average molecular weight is 913 g/mol. The van der Waals surface area contributed by atoms with Crippen molar-refractivity contribution in [1.29, 1.82) is 0 Å². The lowest BCUT2D eigenvalue weighted by Crippen LogP contribution is -2.35. The van der Waals surface area contributed by atoms with Crippen LogP contribution < -0.4 is 31.0 Å². The molecular formula is C40H28N6O16S2. The molecule has 0 spiro atoms. The Labute approximate surface area is 358 Å². The summed E-state index contributed by atoms with van der Waals surface area (Å²) in [5, 5.41) is 61.8. The van der Waals surface area contributed by atoms with Gasteiger partial charge in [-0.25, -0.2) is 9.59 Å². The number of carboxylic acid groups (broad SMARTS) is 2. The Kier molecular flexibility index (Phi) is 11.3. The molecule has 7 rings (SSSR count). The van der Waals surface area contributed by atoms with Gasteiger partial charge in [0.25, 0.3) is 31.1 Å². The molecule has 0 atom stereocenters. The number of aromatic carboxylic acids is 2. The number of fused-ring (bicyclic) bond motifs is 2. The molecular weight excluding hydrogens is 885 g/mol. The van der Waals surface area contributed by atoms with E-state index in [1.54, 1.807) is 0 Å². The van der Waals surface area contributed by atoms with Crippen LogP contribution in [0.2, 0.25) is 0 Å². The van der Waals surface area contributed by atoms with Crippen LogP contribution in [-0.4, -0.2) is 72.5 Å². The van der Waals surface area contributed by atoms with E-state index in [0.717, 1.165) is 24.3 Å². The van der Waals surface area contributed by atoms with Crippen LogP contribution in [0.25, 0.3) is 21.5 Å². The number of benzene rings is 6. The highest BCUT2D eigenvalue weighted by Crippen LogP contribution is 2.45. The number of nitrogens with zero attached hydrogens (tertiary/aromatic N) is 4. The number of rotatable bonds is 14. The van der Waals surface area contributed by atoms with E-state index in [9.17, 15) is 65.5 Å². The summed E-state index contributed by atoms with van der Waals surface area (Å²) in [6, 6.07) is 16.9. The quantitative estimate of drug-likeness (QED) is 0.0303. The molecule has 0 aliphatic carbocycles. The monoisotopic (exact) mass is 912 g/mol. The molecule has 8 N–H and O–H groups in total. The van der Waals surface area contributed by atoms with E-state index in [-0.39, 0.29) is 78.3 Å². The zero-order valence-corrected chi connectivity index (χ0v) is 34.1. The van der Waals surface area contributed by atoms with Crippen molar-refractivity contribution in [1.82, 2.24) is 0 Å². The number of phenols is 2. The number of hydrogen-bond acceptors (Lipinski definition) is 18. The van der Waals surface area contributed by atoms with Gasteiger partial charge in [-0.2, -0.15) is 16.8 Å². The van der Waals surface area contributed by atoms with Crippen LogP contribution in [0.1, 0.15) is 20.7 Å². The van der Waals surface area contributed by atoms with E-state index < -0.39 is 75.7 Å². The molecule has 326 valence electrons. The molecule has 7 aromatic rings. The lowest BCUT2D eigenvalue weighted by Gasteiger charge is -2.17. The predicted molar refractivity (Wildman–Crippen MR) is 227 cm³/mol. The number of methoxy groups -OCH3 is 2. The molecule has 0 saturated heterocycles. The van der Waals surface area contributed by atoms with Gasteiger partial charge >= 0.3 is 11.9 Å². The summed E-state index contributed by atoms with van der Waals surface area (Å²) in [5.74, 6) is -4.09. The van der Waals surface area contributed by atoms with E-state index in [1.165, 1.54) is 74.9 Å². The zero-order valence-electron chi connectivity index (χ0n) is 32.5. The van der Waals surface area contributed by atoms with E-state index in [1.807, 2.05) is 0 Å². The lowest BCUT2D eigenvalue weighted by molar-refractivity contribution is 0.0686. The van der Waals surface area contributed by atoms with Crippen LogP contribution in [0.3, 0.4) is 0 Å². The molecule has 0 aliphatic rings. The molecule has 7 aromatic carbocycles. The second-order valence-corrected chi connectivity index (χ2v) is 16.2. The van der Waals surface area contributed by atoms with Gasteiger partial charge in [-0.3, -0.25) is 18.7 Å². The molecule has 0 aliphatic heterocycles. The van der Waals surface area contributed by atoms with Crippen LogP contribution in [0.5, 0.6) is 23.0 Å². The fourth-order valence-corrected chi connectivity index (χ4v) is 7.67. The molecule has 24 heteroatoms. The van der Waals surface area contributed by atoms with E-state index in [0.29, 0.717) is 0 Å². The van der Waals surface area contributed by atoms with Gasteiger partial charge in [0.2, 0.25) is 0 Å². The van der Waals surface area contributed by atoms with Gasteiger partial charge in [-0.05, 0) is 95.7 Å². The summed E-state index contributed by atoms with van der Waals surface area (Å²) in [6.45, 7) is 0. The summed E-state index contributed by atoms with van der Waals surface area (Å²) in [6.07, 6.45) is 0. The molecule has 0 amide bonds. The Balaban J connectivity index is 1.20. The zero-order chi connectivity index (χ0) is 46.4. The van der Waals surface area contributed by atoms with Crippen LogP contribution in [0, 0.1) is 0 Å². The van der Waals surface area contributed by atoms with Crippen LogP contribution in [0.4, 0.5) is 45.5 Å². The molecule has 0 heterocycles. The van der Waals surface area contributed by atoms with Gasteiger partial charge in [0.05, 0.1) is 25.3 Å². The maximum Gasteiger partial charge on any atom is 0.335 e. The fourth-order valence-electron chi connectivity index (χ4n) is 6.36. The number of hydrogen-bond donors (Lipinski definition) is 8. The molecule has 0 saturated carbocycles. The van der Waals surface area contributed by atoms with Gasteiger partial charge in [-0.1, -0.05) is 0 Å². The fraction of sp³-hybridized carbons (Fsp3) is 0.0500. The standard InChI is InChI=1S/C40H28N6O16S2/c1-61-27-13-17(39(51)52)3-9-25(27)43-45-31-29(63(55,56)57)15-19-11-21(5-7-23(19)35(31)47)41-33-34(38(50)37(33)49)42-22-6-8-24-20(12-22)16-30(64(58,59)60)32(36(24)48)46-44-26-10-4-18(40(53)54)14-28(26)62-2/h3-16,41-42,47-48H,1-2H3,(H,51,52)(H,53,54)(H,55,56,57)(H,58,59,60). The lowest BCUT2D eigenvalue weighted by atomic mass is 10.1. The normalized spacial score (nSPS) is 12.1. The first-order chi connectivity index (χ1) is 30.2. The van der Waals surface area contributed by atoms with Gasteiger partial charge in [0, 0.05) is 22.1 Å². The number of azo groups is 2. The van der Waals surface area contributed by atoms with Crippen molar-refractivity contribution < 1.29 is 65.4 Å². The third-order valence-corrected chi connectivity index (χ3v) is 11.2. The number of carboxylic acids is 2. The second kappa shape index (κ2) is 16.5. The number of anilines is 4. The first-order valence-electron chi connectivity index (χ1n) is 17.8. The largest absolute Gasteiger partial charge is 0.505 e. The Morgan fingerprint density at radius 1 is 0.547 bits per heavy atom. The summed E-state index contributed by atoms with van der Waals surface area (Å²) in [7, 11) is -7.71. The van der Waals surface area contributed by atoms with Gasteiger partial charge in [0.1, 0.15) is 55.4 Å². The molecule has 64 heavy (non-hydrogen) atoms. The van der Waals surface area contributed by atoms with E-state index in [4.69, 9.17) is 9.47 Å². The Morgan fingerprint density at radius 3 is 1.25 bits per heavy atom. The summed E-state index contributed by atoms with van der Waals surface area (Å²) in [5.41, 5.74) is -4.00. The highest BCUT2D eigenvalue weighted by Gasteiger charge is 2.26. The smallest absolute Gasteiger partial charge is 0.335 e. The van der Waals surface area contributed by atoms with Crippen molar-refractivity contribution in [3.63, 3.8) is 0 Å². The average Bonchev–Trinajstić information content (AvgIpc) is 3.25. The minimum Gasteiger partial charge on any atom is -0.505 e. The topological polar surface area (TPSA) is 350 Å². The predicted octanol–water partition coefficient (Wildman–Crippen LogP) is 7.23. The maximum atomic E-state index is 12.8. The maximum absolute atomic E-state index is 12.8. The van der Waals surface area contributed by atoms with Gasteiger partial charge in [-0.15, -0.1) is 20.5 Å². The van der Waals surface area contributed by atoms with E-state index in [2.05, 4.69) is 31.1 Å². The molecule has 0 bridgehead atoms. The number of ether oxygens (including phenoxy) is 2. The Hall–Kier alpha value is -8.32. The number of nitrogens with one attached hydrogen (secondary N) is 2.